The highest BCUT2D eigenvalue weighted by atomic mass is 35.5. The second kappa shape index (κ2) is 4.96. The van der Waals surface area contributed by atoms with Gasteiger partial charge in [0.15, 0.2) is 0 Å². The second-order valence-electron chi connectivity index (χ2n) is 4.33. The van der Waals surface area contributed by atoms with Gasteiger partial charge in [-0.15, -0.1) is 0 Å². The summed E-state index contributed by atoms with van der Waals surface area (Å²) < 4.78 is 0. The van der Waals surface area contributed by atoms with Crippen LogP contribution in [-0.4, -0.2) is 10.1 Å². The topological polar surface area (TPSA) is 59.1 Å². The van der Waals surface area contributed by atoms with Crippen LogP contribution in [0.1, 0.15) is 28.4 Å². The summed E-state index contributed by atoms with van der Waals surface area (Å²) in [6.45, 7) is 3.81. The summed E-state index contributed by atoms with van der Waals surface area (Å²) in [5.41, 5.74) is 9.14. The molecule has 1 aromatic heterocycles. The quantitative estimate of drug-likeness (QED) is 0.875. The van der Waals surface area contributed by atoms with E-state index in [1.165, 1.54) is 0 Å². The van der Waals surface area contributed by atoms with Crippen molar-refractivity contribution in [2.45, 2.75) is 20.0 Å². The molecule has 0 aliphatic heterocycles. The molecule has 1 unspecified atom stereocenters. The lowest BCUT2D eigenvalue weighted by Gasteiger charge is -2.17. The van der Waals surface area contributed by atoms with Gasteiger partial charge in [0.25, 0.3) is 0 Å². The molecular weight excluding hydrogens is 248 g/mol. The van der Waals surface area contributed by atoms with Crippen LogP contribution in [0.3, 0.4) is 0 Å². The maximum absolute atomic E-state index is 10.5. The van der Waals surface area contributed by atoms with Crippen molar-refractivity contribution in [3.63, 3.8) is 0 Å². The molecule has 0 spiro atoms. The third-order valence-corrected chi connectivity index (χ3v) is 3.27. The van der Waals surface area contributed by atoms with E-state index >= 15 is 0 Å². The van der Waals surface area contributed by atoms with Crippen LogP contribution in [0.25, 0.3) is 0 Å². The van der Waals surface area contributed by atoms with E-state index in [2.05, 4.69) is 4.98 Å². The van der Waals surface area contributed by atoms with E-state index in [1.807, 2.05) is 32.0 Å². The molecule has 2 rings (SSSR count). The Hall–Kier alpha value is -1.58. The van der Waals surface area contributed by atoms with E-state index in [-0.39, 0.29) is 0 Å². The van der Waals surface area contributed by atoms with Crippen molar-refractivity contribution in [1.29, 1.82) is 0 Å². The molecule has 0 aliphatic carbocycles. The molecule has 0 saturated heterocycles. The van der Waals surface area contributed by atoms with Gasteiger partial charge in [0.1, 0.15) is 11.9 Å². The molecule has 3 nitrogen and oxygen atoms in total. The first-order valence-corrected chi connectivity index (χ1v) is 6.03. The molecule has 1 atom stereocenters. The van der Waals surface area contributed by atoms with Gasteiger partial charge < -0.3 is 10.8 Å². The van der Waals surface area contributed by atoms with E-state index in [0.29, 0.717) is 16.4 Å². The van der Waals surface area contributed by atoms with Gasteiger partial charge in [0, 0.05) is 16.8 Å². The van der Waals surface area contributed by atoms with Crippen LogP contribution < -0.4 is 5.73 Å². The number of anilines is 1. The molecule has 0 amide bonds. The molecule has 18 heavy (non-hydrogen) atoms. The fourth-order valence-electron chi connectivity index (χ4n) is 2.05. The predicted molar refractivity (Wildman–Crippen MR) is 73.6 cm³/mol. The van der Waals surface area contributed by atoms with E-state index in [1.54, 1.807) is 12.3 Å². The van der Waals surface area contributed by atoms with Crippen LogP contribution in [-0.2, 0) is 0 Å². The first-order chi connectivity index (χ1) is 8.50. The number of aliphatic hydroxyl groups is 1. The summed E-state index contributed by atoms with van der Waals surface area (Å²) in [4.78, 5) is 4.03. The lowest BCUT2D eigenvalue weighted by atomic mass is 9.95. The number of nitrogens with two attached hydrogens (primary N) is 1. The maximum Gasteiger partial charge on any atom is 0.129 e. The van der Waals surface area contributed by atoms with Gasteiger partial charge >= 0.3 is 0 Å². The zero-order valence-electron chi connectivity index (χ0n) is 10.3. The van der Waals surface area contributed by atoms with Crippen LogP contribution in [0.5, 0.6) is 0 Å². The lowest BCUT2D eigenvalue weighted by molar-refractivity contribution is 0.219. The summed E-state index contributed by atoms with van der Waals surface area (Å²) in [6, 6.07) is 7.23. The Kier molecular flexibility index (Phi) is 3.55. The van der Waals surface area contributed by atoms with Gasteiger partial charge in [-0.05, 0) is 48.7 Å². The van der Waals surface area contributed by atoms with E-state index < -0.39 is 6.10 Å². The zero-order chi connectivity index (χ0) is 13.3. The third-order valence-electron chi connectivity index (χ3n) is 3.04. The number of hydrogen-bond acceptors (Lipinski definition) is 3. The number of aliphatic hydroxyl groups excluding tert-OH is 1. The van der Waals surface area contributed by atoms with Crippen molar-refractivity contribution in [3.8, 4) is 0 Å². The minimum atomic E-state index is -0.782. The van der Waals surface area contributed by atoms with Gasteiger partial charge in [-0.25, -0.2) is 4.98 Å². The van der Waals surface area contributed by atoms with Crippen LogP contribution >= 0.6 is 11.6 Å². The highest BCUT2D eigenvalue weighted by Gasteiger charge is 2.18. The van der Waals surface area contributed by atoms with Crippen LogP contribution in [0.2, 0.25) is 5.02 Å². The Balaban J connectivity index is 2.51. The second-order valence-corrected chi connectivity index (χ2v) is 4.77. The Morgan fingerprint density at radius 3 is 2.56 bits per heavy atom. The van der Waals surface area contributed by atoms with E-state index in [9.17, 15) is 5.11 Å². The van der Waals surface area contributed by atoms with Crippen LogP contribution in [0.15, 0.2) is 30.5 Å². The number of aromatic nitrogens is 1. The monoisotopic (exact) mass is 262 g/mol. The molecule has 3 N–H and O–H groups in total. The molecule has 0 bridgehead atoms. The van der Waals surface area contributed by atoms with E-state index in [0.717, 1.165) is 16.7 Å². The minimum absolute atomic E-state index is 0.358. The van der Waals surface area contributed by atoms with Gasteiger partial charge in [0.05, 0.1) is 0 Å². The van der Waals surface area contributed by atoms with Crippen LogP contribution in [0, 0.1) is 13.8 Å². The van der Waals surface area contributed by atoms with E-state index in [4.69, 9.17) is 17.3 Å². The van der Waals surface area contributed by atoms with Gasteiger partial charge in [-0.1, -0.05) is 17.7 Å². The molecule has 1 heterocycles. The normalized spacial score (nSPS) is 12.4. The summed E-state index contributed by atoms with van der Waals surface area (Å²) >= 11 is 5.91. The largest absolute Gasteiger partial charge is 0.383 e. The Morgan fingerprint density at radius 1 is 1.22 bits per heavy atom. The summed E-state index contributed by atoms with van der Waals surface area (Å²) in [5, 5.41) is 11.1. The van der Waals surface area contributed by atoms with Gasteiger partial charge in [-0.3, -0.25) is 0 Å². The Morgan fingerprint density at radius 2 is 1.94 bits per heavy atom. The summed E-state index contributed by atoms with van der Waals surface area (Å²) in [7, 11) is 0. The summed E-state index contributed by atoms with van der Waals surface area (Å²) in [5.74, 6) is 0.358. The number of aryl methyl sites for hydroxylation is 2. The maximum atomic E-state index is 10.5. The molecule has 1 aromatic carbocycles. The SMILES string of the molecule is Cc1cc(Cl)ccc1C(O)c1c(C)ccnc1N. The number of nitrogens with zero attached hydrogens (tertiary/aromatic N) is 1. The van der Waals surface area contributed by atoms with Gasteiger partial charge in [-0.2, -0.15) is 0 Å². The van der Waals surface area contributed by atoms with Gasteiger partial charge in [0.2, 0.25) is 0 Å². The fourth-order valence-corrected chi connectivity index (χ4v) is 2.27. The number of nitrogen functional groups attached to an aromatic ring is 1. The highest BCUT2D eigenvalue weighted by Crippen LogP contribution is 2.31. The number of hydrogen-bond donors (Lipinski definition) is 2. The number of halogens is 1. The molecule has 0 saturated carbocycles. The zero-order valence-corrected chi connectivity index (χ0v) is 11.1. The summed E-state index contributed by atoms with van der Waals surface area (Å²) in [6.07, 6.45) is 0.853. The molecular formula is C14H15ClN2O. The average molecular weight is 263 g/mol. The lowest BCUT2D eigenvalue weighted by Crippen LogP contribution is -2.08. The van der Waals surface area contributed by atoms with Crippen molar-refractivity contribution in [3.05, 3.63) is 57.7 Å². The van der Waals surface area contributed by atoms with Crippen molar-refractivity contribution in [1.82, 2.24) is 4.98 Å². The van der Waals surface area contributed by atoms with Crippen molar-refractivity contribution in [2.75, 3.05) is 5.73 Å². The first-order valence-electron chi connectivity index (χ1n) is 5.66. The standard InChI is InChI=1S/C14H15ClN2O/c1-8-5-6-17-14(16)12(8)13(18)11-4-3-10(15)7-9(11)2/h3-7,13,18H,1-2H3,(H2,16,17). The molecule has 94 valence electrons. The van der Waals surface area contributed by atoms with Crippen LogP contribution in [0.4, 0.5) is 5.82 Å². The van der Waals surface area contributed by atoms with Crippen molar-refractivity contribution >= 4 is 17.4 Å². The van der Waals surface area contributed by atoms with Crippen molar-refractivity contribution in [2.24, 2.45) is 0 Å². The third kappa shape index (κ3) is 2.33. The molecule has 2 aromatic rings. The fraction of sp³-hybridized carbons (Fsp3) is 0.214. The average Bonchev–Trinajstić information content (AvgIpc) is 2.28. The number of pyridine rings is 1. The molecule has 0 fully saturated rings. The predicted octanol–water partition coefficient (Wildman–Crippen LogP) is 3.02. The minimum Gasteiger partial charge on any atom is -0.383 e. The van der Waals surface area contributed by atoms with Crippen molar-refractivity contribution < 1.29 is 5.11 Å². The molecule has 0 radical (unpaired) electrons. The number of benzene rings is 1. The molecule has 4 heteroatoms. The highest BCUT2D eigenvalue weighted by molar-refractivity contribution is 6.30. The molecule has 0 aliphatic rings. The Labute approximate surface area is 111 Å². The smallest absolute Gasteiger partial charge is 0.129 e. The Bertz CT molecular complexity index is 564. The first kappa shape index (κ1) is 12.9. The number of rotatable bonds is 2.